The summed E-state index contributed by atoms with van der Waals surface area (Å²) in [7, 11) is 0. The third-order valence-electron chi connectivity index (χ3n) is 3.71. The number of hydrogen-bond acceptors (Lipinski definition) is 3. The number of urea groups is 1. The number of amides is 2. The minimum Gasteiger partial charge on any atom is -0.481 e. The lowest BCUT2D eigenvalue weighted by molar-refractivity contribution is -0.138. The highest BCUT2D eigenvalue weighted by atomic mass is 16.5. The van der Waals surface area contributed by atoms with E-state index in [4.69, 9.17) is 9.84 Å². The van der Waals surface area contributed by atoms with Crippen molar-refractivity contribution in [3.63, 3.8) is 0 Å². The predicted molar refractivity (Wildman–Crippen MR) is 68.9 cm³/mol. The van der Waals surface area contributed by atoms with Crippen molar-refractivity contribution in [1.82, 2.24) is 9.80 Å². The summed E-state index contributed by atoms with van der Waals surface area (Å²) in [6.07, 6.45) is 1.06. The molecule has 0 bridgehead atoms. The standard InChI is InChI=1S/C13H22N2O4/c1-9-6-15(7-10(2)19-9)13(18)14-4-3-11(8-14)5-12(16)17/h9-11H,3-8H2,1-2H3,(H,16,17). The Bertz CT molecular complexity index is 351. The summed E-state index contributed by atoms with van der Waals surface area (Å²) in [6, 6.07) is 0.0230. The van der Waals surface area contributed by atoms with Crippen LogP contribution in [-0.2, 0) is 9.53 Å². The highest BCUT2D eigenvalue weighted by Crippen LogP contribution is 2.22. The zero-order valence-electron chi connectivity index (χ0n) is 11.5. The number of aliphatic carboxylic acids is 1. The van der Waals surface area contributed by atoms with E-state index in [-0.39, 0.29) is 30.6 Å². The van der Waals surface area contributed by atoms with Crippen molar-refractivity contribution in [1.29, 1.82) is 0 Å². The minimum atomic E-state index is -0.784. The molecule has 2 amide bonds. The van der Waals surface area contributed by atoms with E-state index in [0.29, 0.717) is 26.2 Å². The van der Waals surface area contributed by atoms with E-state index in [9.17, 15) is 9.59 Å². The molecule has 3 unspecified atom stereocenters. The molecule has 1 N–H and O–H groups in total. The molecule has 0 saturated carbocycles. The first-order chi connectivity index (χ1) is 8.95. The average molecular weight is 270 g/mol. The summed E-state index contributed by atoms with van der Waals surface area (Å²) in [5.41, 5.74) is 0. The van der Waals surface area contributed by atoms with Crippen LogP contribution in [0, 0.1) is 5.92 Å². The zero-order valence-corrected chi connectivity index (χ0v) is 11.5. The van der Waals surface area contributed by atoms with E-state index in [1.165, 1.54) is 0 Å². The Balaban J connectivity index is 1.88. The average Bonchev–Trinajstić information content (AvgIpc) is 2.74. The summed E-state index contributed by atoms with van der Waals surface area (Å²) in [5, 5.41) is 8.79. The van der Waals surface area contributed by atoms with E-state index in [1.807, 2.05) is 18.7 Å². The molecule has 2 heterocycles. The first kappa shape index (κ1) is 14.1. The number of ether oxygens (including phenoxy) is 1. The normalized spacial score (nSPS) is 31.6. The van der Waals surface area contributed by atoms with Crippen LogP contribution in [0.2, 0.25) is 0 Å². The first-order valence-corrected chi connectivity index (χ1v) is 6.86. The van der Waals surface area contributed by atoms with Gasteiger partial charge in [0.25, 0.3) is 0 Å². The maximum atomic E-state index is 12.4. The fourth-order valence-corrected chi connectivity index (χ4v) is 2.95. The molecule has 6 nitrogen and oxygen atoms in total. The number of likely N-dealkylation sites (tertiary alicyclic amines) is 1. The van der Waals surface area contributed by atoms with E-state index < -0.39 is 5.97 Å². The van der Waals surface area contributed by atoms with Gasteiger partial charge < -0.3 is 19.6 Å². The summed E-state index contributed by atoms with van der Waals surface area (Å²) >= 11 is 0. The molecular weight excluding hydrogens is 248 g/mol. The lowest BCUT2D eigenvalue weighted by atomic mass is 10.1. The predicted octanol–water partition coefficient (Wildman–Crippen LogP) is 1.01. The molecule has 0 aromatic rings. The van der Waals surface area contributed by atoms with Crippen molar-refractivity contribution in [2.45, 2.75) is 38.9 Å². The first-order valence-electron chi connectivity index (χ1n) is 6.86. The third kappa shape index (κ3) is 3.59. The number of carboxylic acids is 1. The van der Waals surface area contributed by atoms with Gasteiger partial charge in [-0.25, -0.2) is 4.79 Å². The van der Waals surface area contributed by atoms with Gasteiger partial charge >= 0.3 is 12.0 Å². The summed E-state index contributed by atoms with van der Waals surface area (Å²) in [6.45, 7) is 6.38. The Labute approximate surface area is 113 Å². The number of carbonyl (C=O) groups excluding carboxylic acids is 1. The lowest BCUT2D eigenvalue weighted by Crippen LogP contribution is -2.52. The van der Waals surface area contributed by atoms with Gasteiger partial charge in [-0.3, -0.25) is 4.79 Å². The summed E-state index contributed by atoms with van der Waals surface area (Å²) < 4.78 is 5.61. The smallest absolute Gasteiger partial charge is 0.320 e. The van der Waals surface area contributed by atoms with Crippen LogP contribution in [-0.4, -0.2) is 65.3 Å². The van der Waals surface area contributed by atoms with Crippen LogP contribution >= 0.6 is 0 Å². The quantitative estimate of drug-likeness (QED) is 0.813. The van der Waals surface area contributed by atoms with Gasteiger partial charge in [0.15, 0.2) is 0 Å². The largest absolute Gasteiger partial charge is 0.481 e. The molecule has 2 fully saturated rings. The number of morpholine rings is 1. The molecule has 108 valence electrons. The number of carboxylic acid groups (broad SMARTS) is 1. The molecule has 2 rings (SSSR count). The van der Waals surface area contributed by atoms with Crippen molar-refractivity contribution in [3.05, 3.63) is 0 Å². The second kappa shape index (κ2) is 5.77. The third-order valence-corrected chi connectivity index (χ3v) is 3.71. The van der Waals surface area contributed by atoms with E-state index in [0.717, 1.165) is 6.42 Å². The van der Waals surface area contributed by atoms with Crippen molar-refractivity contribution < 1.29 is 19.4 Å². The second-order valence-corrected chi connectivity index (χ2v) is 5.64. The van der Waals surface area contributed by atoms with Crippen molar-refractivity contribution >= 4 is 12.0 Å². The number of rotatable bonds is 2. The molecule has 0 aromatic heterocycles. The molecule has 0 spiro atoms. The highest BCUT2D eigenvalue weighted by molar-refractivity contribution is 5.75. The van der Waals surface area contributed by atoms with E-state index in [2.05, 4.69) is 0 Å². The van der Waals surface area contributed by atoms with Gasteiger partial charge in [-0.1, -0.05) is 0 Å². The van der Waals surface area contributed by atoms with Crippen LogP contribution in [0.3, 0.4) is 0 Å². The Kier molecular flexibility index (Phi) is 4.29. The van der Waals surface area contributed by atoms with Gasteiger partial charge in [-0.15, -0.1) is 0 Å². The second-order valence-electron chi connectivity index (χ2n) is 5.64. The number of carbonyl (C=O) groups is 2. The molecule has 2 aliphatic rings. The van der Waals surface area contributed by atoms with Gasteiger partial charge in [-0.2, -0.15) is 0 Å². The summed E-state index contributed by atoms with van der Waals surface area (Å²) in [4.78, 5) is 26.7. The molecule has 2 saturated heterocycles. The topological polar surface area (TPSA) is 70.1 Å². The maximum Gasteiger partial charge on any atom is 0.320 e. The van der Waals surface area contributed by atoms with Gasteiger partial charge in [0.05, 0.1) is 12.2 Å². The van der Waals surface area contributed by atoms with Gasteiger partial charge in [0.2, 0.25) is 0 Å². The fraction of sp³-hybridized carbons (Fsp3) is 0.846. The molecule has 3 atom stereocenters. The molecule has 2 aliphatic heterocycles. The maximum absolute atomic E-state index is 12.4. The van der Waals surface area contributed by atoms with Crippen LogP contribution in [0.5, 0.6) is 0 Å². The van der Waals surface area contributed by atoms with Gasteiger partial charge in [0, 0.05) is 32.6 Å². The minimum absolute atomic E-state index is 0.0230. The Morgan fingerprint density at radius 2 is 1.79 bits per heavy atom. The monoisotopic (exact) mass is 270 g/mol. The van der Waals surface area contributed by atoms with Crippen LogP contribution in [0.4, 0.5) is 4.79 Å². The molecule has 0 radical (unpaired) electrons. The molecule has 0 aromatic carbocycles. The fourth-order valence-electron chi connectivity index (χ4n) is 2.95. The highest BCUT2D eigenvalue weighted by Gasteiger charge is 2.33. The van der Waals surface area contributed by atoms with Crippen molar-refractivity contribution in [3.8, 4) is 0 Å². The molecule has 0 aliphatic carbocycles. The van der Waals surface area contributed by atoms with E-state index in [1.54, 1.807) is 4.90 Å². The van der Waals surface area contributed by atoms with Crippen LogP contribution in [0.15, 0.2) is 0 Å². The van der Waals surface area contributed by atoms with Crippen LogP contribution in [0.25, 0.3) is 0 Å². The van der Waals surface area contributed by atoms with Crippen molar-refractivity contribution in [2.75, 3.05) is 26.2 Å². The molecular formula is C13H22N2O4. The summed E-state index contributed by atoms with van der Waals surface area (Å²) in [5.74, 6) is -0.690. The van der Waals surface area contributed by atoms with Gasteiger partial charge in [-0.05, 0) is 26.2 Å². The zero-order chi connectivity index (χ0) is 14.0. The van der Waals surface area contributed by atoms with Crippen LogP contribution in [0.1, 0.15) is 26.7 Å². The SMILES string of the molecule is CC1CN(C(=O)N2CCC(CC(=O)O)C2)CC(C)O1. The number of nitrogens with zero attached hydrogens (tertiary/aromatic N) is 2. The molecule has 19 heavy (non-hydrogen) atoms. The lowest BCUT2D eigenvalue weighted by Gasteiger charge is -2.37. The Hall–Kier alpha value is -1.30. The Morgan fingerprint density at radius 3 is 2.37 bits per heavy atom. The van der Waals surface area contributed by atoms with Gasteiger partial charge in [0.1, 0.15) is 0 Å². The molecule has 6 heteroatoms. The Morgan fingerprint density at radius 1 is 1.16 bits per heavy atom. The van der Waals surface area contributed by atoms with Crippen molar-refractivity contribution in [2.24, 2.45) is 5.92 Å². The van der Waals surface area contributed by atoms with E-state index >= 15 is 0 Å². The number of hydrogen-bond donors (Lipinski definition) is 1. The van der Waals surface area contributed by atoms with Crippen LogP contribution < -0.4 is 0 Å².